The van der Waals surface area contributed by atoms with Gasteiger partial charge in [0.15, 0.2) is 0 Å². The van der Waals surface area contributed by atoms with Gasteiger partial charge in [-0.05, 0) is 6.92 Å². The van der Waals surface area contributed by atoms with Gasteiger partial charge in [-0.1, -0.05) is 24.3 Å². The Morgan fingerprint density at radius 2 is 2.17 bits per heavy atom. The molecule has 0 saturated heterocycles. The summed E-state index contributed by atoms with van der Waals surface area (Å²) in [6, 6.07) is 6.44. The lowest BCUT2D eigenvalue weighted by molar-refractivity contribution is -0.385. The summed E-state index contributed by atoms with van der Waals surface area (Å²) in [7, 11) is 0. The third-order valence-electron chi connectivity index (χ3n) is 2.39. The second-order valence-electron chi connectivity index (χ2n) is 3.71. The molecule has 6 heteroatoms. The van der Waals surface area contributed by atoms with E-state index in [-0.39, 0.29) is 11.3 Å². The van der Waals surface area contributed by atoms with E-state index in [4.69, 9.17) is 5.11 Å². The van der Waals surface area contributed by atoms with E-state index in [2.05, 4.69) is 5.32 Å². The second-order valence-corrected chi connectivity index (χ2v) is 3.71. The van der Waals surface area contributed by atoms with Gasteiger partial charge in [0.25, 0.3) is 5.69 Å². The highest BCUT2D eigenvalue weighted by Gasteiger charge is 2.10. The maximum absolute atomic E-state index is 10.7. The highest BCUT2D eigenvalue weighted by Crippen LogP contribution is 2.16. The van der Waals surface area contributed by atoms with Gasteiger partial charge in [0.1, 0.15) is 0 Å². The van der Waals surface area contributed by atoms with Gasteiger partial charge in [-0.3, -0.25) is 10.1 Å². The number of rotatable bonds is 6. The van der Waals surface area contributed by atoms with E-state index >= 15 is 0 Å². The van der Waals surface area contributed by atoms with Gasteiger partial charge in [0, 0.05) is 30.3 Å². The minimum atomic E-state index is -0.970. The van der Waals surface area contributed by atoms with E-state index in [1.54, 1.807) is 18.2 Å². The van der Waals surface area contributed by atoms with Crippen LogP contribution in [0.4, 0.5) is 5.69 Å². The molecule has 0 spiro atoms. The van der Waals surface area contributed by atoms with Crippen LogP contribution >= 0.6 is 0 Å². The van der Waals surface area contributed by atoms with Gasteiger partial charge in [0.05, 0.1) is 4.92 Å². The number of hydrogen-bond acceptors (Lipinski definition) is 4. The number of carboxylic acids is 1. The Morgan fingerprint density at radius 1 is 1.50 bits per heavy atom. The molecule has 0 aromatic heterocycles. The summed E-state index contributed by atoms with van der Waals surface area (Å²) < 4.78 is 0. The number of carboxylic acid groups (broad SMARTS) is 1. The van der Waals surface area contributed by atoms with Crippen molar-refractivity contribution < 1.29 is 14.8 Å². The summed E-state index contributed by atoms with van der Waals surface area (Å²) in [6.07, 6.45) is 1.52. The van der Waals surface area contributed by atoms with Crippen LogP contribution in [0.25, 0.3) is 0 Å². The summed E-state index contributed by atoms with van der Waals surface area (Å²) in [5.41, 5.74) is 0.873. The molecular weight excluding hydrogens is 236 g/mol. The van der Waals surface area contributed by atoms with E-state index in [0.717, 1.165) is 0 Å². The maximum Gasteiger partial charge on any atom is 0.330 e. The van der Waals surface area contributed by atoms with Crippen molar-refractivity contribution in [2.45, 2.75) is 13.5 Å². The number of nitro groups is 1. The highest BCUT2D eigenvalue weighted by molar-refractivity contribution is 5.85. The van der Waals surface area contributed by atoms with Gasteiger partial charge in [-0.15, -0.1) is 0 Å². The molecule has 0 aliphatic rings. The Balaban J connectivity index is 2.57. The molecular formula is C12H14N2O4. The molecule has 1 aromatic rings. The first kappa shape index (κ1) is 13.9. The van der Waals surface area contributed by atoms with E-state index in [0.29, 0.717) is 18.7 Å². The lowest BCUT2D eigenvalue weighted by Crippen LogP contribution is -2.15. The smallest absolute Gasteiger partial charge is 0.330 e. The van der Waals surface area contributed by atoms with Crippen LogP contribution in [0.15, 0.2) is 35.9 Å². The molecule has 0 aliphatic heterocycles. The van der Waals surface area contributed by atoms with Crippen molar-refractivity contribution in [3.8, 4) is 0 Å². The fourth-order valence-corrected chi connectivity index (χ4v) is 1.36. The van der Waals surface area contributed by atoms with Crippen molar-refractivity contribution in [2.75, 3.05) is 6.54 Å². The Bertz CT molecular complexity index is 483. The van der Waals surface area contributed by atoms with Crippen LogP contribution < -0.4 is 5.32 Å². The standard InChI is InChI=1S/C12H14N2O4/c1-9(12(15)16)6-7-13-8-10-4-2-3-5-11(10)14(17)18/h2-6,13H,7-8H2,1H3,(H,15,16)/b9-6-. The van der Waals surface area contributed by atoms with Crippen molar-refractivity contribution in [1.82, 2.24) is 5.32 Å². The van der Waals surface area contributed by atoms with E-state index in [1.165, 1.54) is 19.1 Å². The van der Waals surface area contributed by atoms with Crippen LogP contribution in [0.1, 0.15) is 12.5 Å². The molecule has 0 atom stereocenters. The Hall–Kier alpha value is -2.21. The number of aliphatic carboxylic acids is 1. The van der Waals surface area contributed by atoms with Crippen molar-refractivity contribution in [3.05, 3.63) is 51.6 Å². The van der Waals surface area contributed by atoms with Crippen LogP contribution in [0.3, 0.4) is 0 Å². The monoisotopic (exact) mass is 250 g/mol. The molecule has 1 aromatic carbocycles. The molecule has 0 heterocycles. The zero-order valence-electron chi connectivity index (χ0n) is 9.92. The molecule has 0 bridgehead atoms. The molecule has 18 heavy (non-hydrogen) atoms. The zero-order valence-corrected chi connectivity index (χ0v) is 9.92. The lowest BCUT2D eigenvalue weighted by atomic mass is 10.2. The van der Waals surface area contributed by atoms with Crippen LogP contribution in [0, 0.1) is 10.1 Å². The Kier molecular flexibility index (Phi) is 5.01. The molecule has 0 fully saturated rings. The second kappa shape index (κ2) is 6.51. The number of nitro benzene ring substituents is 1. The summed E-state index contributed by atoms with van der Waals surface area (Å²) in [4.78, 5) is 20.8. The molecule has 0 saturated carbocycles. The summed E-state index contributed by atoms with van der Waals surface area (Å²) in [6.45, 7) is 2.17. The van der Waals surface area contributed by atoms with E-state index in [1.807, 2.05) is 0 Å². The first-order chi connectivity index (χ1) is 8.52. The topological polar surface area (TPSA) is 92.5 Å². The molecule has 96 valence electrons. The number of nitrogens with one attached hydrogen (secondary N) is 1. The molecule has 2 N–H and O–H groups in total. The van der Waals surface area contributed by atoms with E-state index < -0.39 is 10.9 Å². The lowest BCUT2D eigenvalue weighted by Gasteiger charge is -2.03. The van der Waals surface area contributed by atoms with E-state index in [9.17, 15) is 14.9 Å². The van der Waals surface area contributed by atoms with Crippen LogP contribution in [0.5, 0.6) is 0 Å². The fourth-order valence-electron chi connectivity index (χ4n) is 1.36. The fraction of sp³-hybridized carbons (Fsp3) is 0.250. The molecule has 0 amide bonds. The first-order valence-corrected chi connectivity index (χ1v) is 5.35. The highest BCUT2D eigenvalue weighted by atomic mass is 16.6. The maximum atomic E-state index is 10.7. The zero-order chi connectivity index (χ0) is 13.5. The summed E-state index contributed by atoms with van der Waals surface area (Å²) >= 11 is 0. The minimum Gasteiger partial charge on any atom is -0.478 e. The SMILES string of the molecule is C/C(=C/CNCc1ccccc1[N+](=O)[O-])C(=O)O. The predicted molar refractivity (Wildman–Crippen MR) is 66.2 cm³/mol. The van der Waals surface area contributed by atoms with Crippen molar-refractivity contribution >= 4 is 11.7 Å². The molecule has 0 aliphatic carbocycles. The van der Waals surface area contributed by atoms with Gasteiger partial charge < -0.3 is 10.4 Å². The van der Waals surface area contributed by atoms with Gasteiger partial charge in [-0.2, -0.15) is 0 Å². The molecule has 0 unspecified atom stereocenters. The van der Waals surface area contributed by atoms with Crippen LogP contribution in [0.2, 0.25) is 0 Å². The predicted octanol–water partition coefficient (Wildman–Crippen LogP) is 1.72. The molecule has 6 nitrogen and oxygen atoms in total. The van der Waals surface area contributed by atoms with Crippen LogP contribution in [-0.4, -0.2) is 22.5 Å². The quantitative estimate of drug-likeness (QED) is 0.347. The van der Waals surface area contributed by atoms with Crippen molar-refractivity contribution in [1.29, 1.82) is 0 Å². The number of nitrogens with zero attached hydrogens (tertiary/aromatic N) is 1. The molecule has 0 radical (unpaired) electrons. The summed E-state index contributed by atoms with van der Waals surface area (Å²) in [5.74, 6) is -0.970. The number of carbonyl (C=O) groups is 1. The van der Waals surface area contributed by atoms with Crippen molar-refractivity contribution in [3.63, 3.8) is 0 Å². The molecule has 1 rings (SSSR count). The average Bonchev–Trinajstić information content (AvgIpc) is 2.34. The van der Waals surface area contributed by atoms with Gasteiger partial charge in [0.2, 0.25) is 0 Å². The minimum absolute atomic E-state index is 0.0592. The van der Waals surface area contributed by atoms with Crippen molar-refractivity contribution in [2.24, 2.45) is 0 Å². The Morgan fingerprint density at radius 3 is 2.78 bits per heavy atom. The van der Waals surface area contributed by atoms with Gasteiger partial charge >= 0.3 is 5.97 Å². The number of para-hydroxylation sites is 1. The average molecular weight is 250 g/mol. The third-order valence-corrected chi connectivity index (χ3v) is 2.39. The third kappa shape index (κ3) is 3.99. The van der Waals surface area contributed by atoms with Gasteiger partial charge in [-0.25, -0.2) is 4.79 Å². The van der Waals surface area contributed by atoms with Crippen LogP contribution in [-0.2, 0) is 11.3 Å². The Labute approximate surface area is 104 Å². The largest absolute Gasteiger partial charge is 0.478 e. The first-order valence-electron chi connectivity index (χ1n) is 5.35. The summed E-state index contributed by atoms with van der Waals surface area (Å²) in [5, 5.41) is 22.3. The number of benzene rings is 1. The number of hydrogen-bond donors (Lipinski definition) is 2. The normalized spacial score (nSPS) is 11.3.